The van der Waals surface area contributed by atoms with Gasteiger partial charge in [-0.3, -0.25) is 4.57 Å². The molecule has 3 aromatic rings. The maximum absolute atomic E-state index is 5.45. The van der Waals surface area contributed by atoms with Gasteiger partial charge in [0, 0.05) is 17.9 Å². The Kier molecular flexibility index (Phi) is 5.45. The highest BCUT2D eigenvalue weighted by molar-refractivity contribution is 7.98. The van der Waals surface area contributed by atoms with Gasteiger partial charge in [-0.15, -0.1) is 16.8 Å². The molecule has 0 spiro atoms. The fourth-order valence-electron chi connectivity index (χ4n) is 2.41. The van der Waals surface area contributed by atoms with Crippen molar-refractivity contribution in [1.82, 2.24) is 14.8 Å². The van der Waals surface area contributed by atoms with Gasteiger partial charge in [0.1, 0.15) is 11.5 Å². The number of rotatable bonds is 8. The normalized spacial score (nSPS) is 10.6. The number of nitrogens with zero attached hydrogens (tertiary/aromatic N) is 3. The third-order valence-electron chi connectivity index (χ3n) is 3.61. The van der Waals surface area contributed by atoms with Crippen LogP contribution in [0, 0.1) is 0 Å². The number of allylic oxidation sites excluding steroid dienone is 1. The van der Waals surface area contributed by atoms with Crippen molar-refractivity contribution < 1.29 is 13.9 Å². The first-order chi connectivity index (χ1) is 12.3. The lowest BCUT2D eigenvalue weighted by molar-refractivity contribution is 0.400. The highest BCUT2D eigenvalue weighted by Crippen LogP contribution is 2.31. The Morgan fingerprint density at radius 2 is 2.12 bits per heavy atom. The molecule has 0 saturated heterocycles. The second-order valence-corrected chi connectivity index (χ2v) is 6.09. The summed E-state index contributed by atoms with van der Waals surface area (Å²) in [6.07, 6.45) is 3.43. The van der Waals surface area contributed by atoms with E-state index in [0.29, 0.717) is 23.9 Å². The third kappa shape index (κ3) is 3.71. The first-order valence-corrected chi connectivity index (χ1v) is 8.67. The molecule has 0 fully saturated rings. The predicted octanol–water partition coefficient (Wildman–Crippen LogP) is 4.03. The first kappa shape index (κ1) is 17.2. The molecule has 25 heavy (non-hydrogen) atoms. The number of aromatic nitrogens is 3. The van der Waals surface area contributed by atoms with Crippen molar-refractivity contribution in [3.05, 3.63) is 54.8 Å². The molecule has 0 atom stereocenters. The van der Waals surface area contributed by atoms with Crippen molar-refractivity contribution in [3.63, 3.8) is 0 Å². The van der Waals surface area contributed by atoms with Crippen LogP contribution in [0.3, 0.4) is 0 Å². The van der Waals surface area contributed by atoms with Gasteiger partial charge < -0.3 is 13.9 Å². The van der Waals surface area contributed by atoms with Crippen LogP contribution < -0.4 is 9.47 Å². The summed E-state index contributed by atoms with van der Waals surface area (Å²) in [5, 5.41) is 9.35. The van der Waals surface area contributed by atoms with E-state index in [9.17, 15) is 0 Å². The summed E-state index contributed by atoms with van der Waals surface area (Å²) in [4.78, 5) is 0. The van der Waals surface area contributed by atoms with Gasteiger partial charge in [-0.1, -0.05) is 17.8 Å². The van der Waals surface area contributed by atoms with Crippen LogP contribution in [0.15, 0.2) is 58.8 Å². The molecule has 1 aromatic carbocycles. The number of hydrogen-bond donors (Lipinski definition) is 0. The lowest BCUT2D eigenvalue weighted by Crippen LogP contribution is -2.00. The summed E-state index contributed by atoms with van der Waals surface area (Å²) in [5.74, 6) is 3.65. The molecule has 0 aliphatic rings. The average Bonchev–Trinajstić information content (AvgIpc) is 3.30. The number of methoxy groups -OCH3 is 2. The van der Waals surface area contributed by atoms with Gasteiger partial charge in [0.25, 0.3) is 0 Å². The second-order valence-electron chi connectivity index (χ2n) is 5.15. The van der Waals surface area contributed by atoms with Crippen molar-refractivity contribution in [2.24, 2.45) is 0 Å². The van der Waals surface area contributed by atoms with Crippen LogP contribution in [0.4, 0.5) is 0 Å². The topological polar surface area (TPSA) is 62.3 Å². The maximum Gasteiger partial charge on any atom is 0.200 e. The van der Waals surface area contributed by atoms with Crippen LogP contribution >= 0.6 is 11.8 Å². The highest BCUT2D eigenvalue weighted by atomic mass is 32.2. The lowest BCUT2D eigenvalue weighted by atomic mass is 10.2. The molecule has 0 N–H and O–H groups in total. The molecule has 6 nitrogen and oxygen atoms in total. The molecule has 0 saturated carbocycles. The molecule has 7 heteroatoms. The Balaban J connectivity index is 1.85. The highest BCUT2D eigenvalue weighted by Gasteiger charge is 2.16. The van der Waals surface area contributed by atoms with Gasteiger partial charge in [0.2, 0.25) is 5.82 Å². The lowest BCUT2D eigenvalue weighted by Gasteiger charge is -2.10. The summed E-state index contributed by atoms with van der Waals surface area (Å²) >= 11 is 1.57. The van der Waals surface area contributed by atoms with Gasteiger partial charge in [0.15, 0.2) is 10.9 Å². The average molecular weight is 357 g/mol. The van der Waals surface area contributed by atoms with E-state index in [1.165, 1.54) is 0 Å². The third-order valence-corrected chi connectivity index (χ3v) is 4.63. The van der Waals surface area contributed by atoms with Gasteiger partial charge in [-0.05, 0) is 30.3 Å². The molecular formula is C18H19N3O3S. The molecule has 2 heterocycles. The number of thioether (sulfide) groups is 1. The summed E-state index contributed by atoms with van der Waals surface area (Å²) < 4.78 is 18.2. The van der Waals surface area contributed by atoms with E-state index < -0.39 is 0 Å². The van der Waals surface area contributed by atoms with Crippen LogP contribution in [-0.2, 0) is 12.3 Å². The largest absolute Gasteiger partial charge is 0.497 e. The number of hydrogen-bond acceptors (Lipinski definition) is 6. The van der Waals surface area contributed by atoms with E-state index in [1.807, 2.05) is 41.0 Å². The summed E-state index contributed by atoms with van der Waals surface area (Å²) in [5.41, 5.74) is 1.03. The molecule has 0 radical (unpaired) electrons. The van der Waals surface area contributed by atoms with Crippen LogP contribution in [0.25, 0.3) is 11.6 Å². The molecule has 0 aliphatic heterocycles. The second kappa shape index (κ2) is 7.94. The van der Waals surface area contributed by atoms with Gasteiger partial charge in [-0.2, -0.15) is 0 Å². The fourth-order valence-corrected chi connectivity index (χ4v) is 3.34. The molecule has 0 bridgehead atoms. The van der Waals surface area contributed by atoms with Crippen molar-refractivity contribution in [2.75, 3.05) is 14.2 Å². The Bertz CT molecular complexity index is 843. The molecule has 0 amide bonds. The minimum atomic E-state index is 0.598. The molecule has 0 aliphatic carbocycles. The zero-order chi connectivity index (χ0) is 17.6. The molecule has 130 valence electrons. The van der Waals surface area contributed by atoms with Crippen molar-refractivity contribution >= 4 is 11.8 Å². The van der Waals surface area contributed by atoms with E-state index in [0.717, 1.165) is 22.2 Å². The molecule has 3 rings (SSSR count). The summed E-state index contributed by atoms with van der Waals surface area (Å²) in [6.45, 7) is 4.41. The Labute approximate surface area is 150 Å². The van der Waals surface area contributed by atoms with E-state index >= 15 is 0 Å². The van der Waals surface area contributed by atoms with Crippen molar-refractivity contribution in [1.29, 1.82) is 0 Å². The Morgan fingerprint density at radius 1 is 1.24 bits per heavy atom. The van der Waals surface area contributed by atoms with Gasteiger partial charge in [-0.25, -0.2) is 0 Å². The zero-order valence-electron chi connectivity index (χ0n) is 14.1. The van der Waals surface area contributed by atoms with Crippen LogP contribution in [-0.4, -0.2) is 29.0 Å². The minimum Gasteiger partial charge on any atom is -0.497 e. The van der Waals surface area contributed by atoms with E-state index in [4.69, 9.17) is 13.9 Å². The zero-order valence-corrected chi connectivity index (χ0v) is 15.0. The molecule has 0 unspecified atom stereocenters. The Hall–Kier alpha value is -2.67. The standard InChI is InChI=1S/C18H19N3O3S/c1-4-9-21-17(16-6-5-10-24-16)19-20-18(21)25-12-13-11-14(22-2)7-8-15(13)23-3/h4-8,10-11H,1,9,12H2,2-3H3. The first-order valence-electron chi connectivity index (χ1n) is 7.68. The minimum absolute atomic E-state index is 0.598. The van der Waals surface area contributed by atoms with Gasteiger partial charge in [0.05, 0.1) is 20.5 Å². The fraction of sp³-hybridized carbons (Fsp3) is 0.222. The summed E-state index contributed by atoms with van der Waals surface area (Å²) in [6, 6.07) is 9.44. The smallest absolute Gasteiger partial charge is 0.200 e. The Morgan fingerprint density at radius 3 is 2.80 bits per heavy atom. The monoisotopic (exact) mass is 357 g/mol. The van der Waals surface area contributed by atoms with Crippen LogP contribution in [0.5, 0.6) is 11.5 Å². The van der Waals surface area contributed by atoms with Crippen molar-refractivity contribution in [3.8, 4) is 23.1 Å². The molecule has 2 aromatic heterocycles. The van der Waals surface area contributed by atoms with Gasteiger partial charge >= 0.3 is 0 Å². The SMILES string of the molecule is C=CCn1c(SCc2cc(OC)ccc2OC)nnc1-c1ccco1. The van der Waals surface area contributed by atoms with Crippen LogP contribution in [0.2, 0.25) is 0 Å². The van der Waals surface area contributed by atoms with E-state index in [1.54, 1.807) is 32.2 Å². The predicted molar refractivity (Wildman–Crippen MR) is 97.0 cm³/mol. The van der Waals surface area contributed by atoms with E-state index in [-0.39, 0.29) is 0 Å². The molecular weight excluding hydrogens is 338 g/mol. The van der Waals surface area contributed by atoms with Crippen LogP contribution in [0.1, 0.15) is 5.56 Å². The summed E-state index contributed by atoms with van der Waals surface area (Å²) in [7, 11) is 3.31. The number of benzene rings is 1. The maximum atomic E-state index is 5.45. The van der Waals surface area contributed by atoms with E-state index in [2.05, 4.69) is 16.8 Å². The number of ether oxygens (including phenoxy) is 2. The number of furan rings is 1. The quantitative estimate of drug-likeness (QED) is 0.448. The van der Waals surface area contributed by atoms with Crippen molar-refractivity contribution in [2.45, 2.75) is 17.5 Å².